The summed E-state index contributed by atoms with van der Waals surface area (Å²) in [6.07, 6.45) is 0. The molecule has 3 aromatic carbocycles. The first-order valence-corrected chi connectivity index (χ1v) is 10.7. The van der Waals surface area contributed by atoms with Gasteiger partial charge in [-0.25, -0.2) is 4.98 Å². The molecule has 0 aliphatic rings. The summed E-state index contributed by atoms with van der Waals surface area (Å²) in [6.45, 7) is 0.652. The second-order valence-corrected chi connectivity index (χ2v) is 8.25. The van der Waals surface area contributed by atoms with Crippen LogP contribution in [-0.4, -0.2) is 21.2 Å². The van der Waals surface area contributed by atoms with Gasteiger partial charge in [0.05, 0.1) is 23.3 Å². The molecule has 0 aliphatic heterocycles. The fraction of sp³-hybridized carbons (Fsp3) is 0.0909. The Hall–Kier alpha value is -2.47. The molecule has 146 valence electrons. The van der Waals surface area contributed by atoms with Gasteiger partial charge in [-0.2, -0.15) is 0 Å². The van der Waals surface area contributed by atoms with Crippen molar-refractivity contribution in [3.05, 3.63) is 88.4 Å². The molecule has 4 rings (SSSR count). The zero-order valence-corrected chi connectivity index (χ0v) is 17.6. The van der Waals surface area contributed by atoms with Gasteiger partial charge in [-0.15, -0.1) is 0 Å². The number of nitrogens with one attached hydrogen (secondary N) is 1. The SMILES string of the molecule is O=C(CSc1nc2ccccc2n1Cc1ccc(Cl)cc1)Nc1ccc(Cl)cc1. The maximum atomic E-state index is 12.4. The highest BCUT2D eigenvalue weighted by molar-refractivity contribution is 7.99. The molecule has 0 unspecified atom stereocenters. The van der Waals surface area contributed by atoms with Crippen molar-refractivity contribution in [3.63, 3.8) is 0 Å². The number of amides is 1. The van der Waals surface area contributed by atoms with E-state index in [1.165, 1.54) is 11.8 Å². The molecule has 0 saturated carbocycles. The fourth-order valence-electron chi connectivity index (χ4n) is 2.95. The number of hydrogen-bond donors (Lipinski definition) is 1. The van der Waals surface area contributed by atoms with Gasteiger partial charge in [-0.1, -0.05) is 59.2 Å². The highest BCUT2D eigenvalue weighted by Gasteiger charge is 2.13. The number of rotatable bonds is 6. The van der Waals surface area contributed by atoms with Crippen molar-refractivity contribution in [1.29, 1.82) is 0 Å². The highest BCUT2D eigenvalue weighted by Crippen LogP contribution is 2.26. The third-order valence-corrected chi connectivity index (χ3v) is 5.81. The van der Waals surface area contributed by atoms with Crippen molar-refractivity contribution >= 4 is 57.6 Å². The minimum Gasteiger partial charge on any atom is -0.325 e. The summed E-state index contributed by atoms with van der Waals surface area (Å²) >= 11 is 13.3. The number of nitrogens with zero attached hydrogens (tertiary/aromatic N) is 2. The van der Waals surface area contributed by atoms with Gasteiger partial charge < -0.3 is 9.88 Å². The van der Waals surface area contributed by atoms with Crippen LogP contribution in [0.5, 0.6) is 0 Å². The van der Waals surface area contributed by atoms with Crippen LogP contribution in [0, 0.1) is 0 Å². The van der Waals surface area contributed by atoms with E-state index in [2.05, 4.69) is 9.88 Å². The molecule has 0 fully saturated rings. The standard InChI is InChI=1S/C22H17Cl2N3OS/c23-16-7-5-15(6-8-16)13-27-20-4-2-1-3-19(20)26-22(27)29-14-21(28)25-18-11-9-17(24)10-12-18/h1-12H,13-14H2,(H,25,28). The molecule has 0 saturated heterocycles. The third kappa shape index (κ3) is 4.93. The van der Waals surface area contributed by atoms with Crippen molar-refractivity contribution in [2.75, 3.05) is 11.1 Å². The molecule has 0 aliphatic carbocycles. The second kappa shape index (κ2) is 8.91. The average Bonchev–Trinajstić information content (AvgIpc) is 3.07. The van der Waals surface area contributed by atoms with Crippen LogP contribution in [0.2, 0.25) is 10.0 Å². The molecular formula is C22H17Cl2N3OS. The van der Waals surface area contributed by atoms with E-state index in [0.717, 1.165) is 27.4 Å². The highest BCUT2D eigenvalue weighted by atomic mass is 35.5. The van der Waals surface area contributed by atoms with E-state index in [9.17, 15) is 4.79 Å². The lowest BCUT2D eigenvalue weighted by Crippen LogP contribution is -2.14. The van der Waals surface area contributed by atoms with Gasteiger partial charge in [0.15, 0.2) is 5.16 Å². The van der Waals surface area contributed by atoms with Crippen LogP contribution in [0.4, 0.5) is 5.69 Å². The Labute approximate surface area is 182 Å². The lowest BCUT2D eigenvalue weighted by atomic mass is 10.2. The Kier molecular flexibility index (Phi) is 6.09. The molecule has 0 bridgehead atoms. The van der Waals surface area contributed by atoms with Crippen LogP contribution in [0.1, 0.15) is 5.56 Å². The summed E-state index contributed by atoms with van der Waals surface area (Å²) in [5.41, 5.74) is 3.77. The Morgan fingerprint density at radius 3 is 2.31 bits per heavy atom. The summed E-state index contributed by atoms with van der Waals surface area (Å²) in [5, 5.41) is 5.02. The van der Waals surface area contributed by atoms with Crippen molar-refractivity contribution in [1.82, 2.24) is 9.55 Å². The van der Waals surface area contributed by atoms with Crippen molar-refractivity contribution in [2.45, 2.75) is 11.7 Å². The number of imidazole rings is 1. The van der Waals surface area contributed by atoms with Crippen LogP contribution < -0.4 is 5.32 Å². The maximum Gasteiger partial charge on any atom is 0.234 e. The molecule has 29 heavy (non-hydrogen) atoms. The molecule has 0 atom stereocenters. The molecule has 0 radical (unpaired) electrons. The van der Waals surface area contributed by atoms with Crippen molar-refractivity contribution in [2.24, 2.45) is 0 Å². The molecule has 1 heterocycles. The van der Waals surface area contributed by atoms with E-state index in [1.54, 1.807) is 24.3 Å². The van der Waals surface area contributed by atoms with E-state index in [0.29, 0.717) is 16.6 Å². The smallest absolute Gasteiger partial charge is 0.234 e. The number of thioether (sulfide) groups is 1. The number of benzene rings is 3. The number of halogens is 2. The Bertz CT molecular complexity index is 1140. The Balaban J connectivity index is 1.52. The quantitative estimate of drug-likeness (QED) is 0.366. The normalized spacial score (nSPS) is 11.0. The molecular weight excluding hydrogens is 425 g/mol. The van der Waals surface area contributed by atoms with E-state index >= 15 is 0 Å². The van der Waals surface area contributed by atoms with E-state index < -0.39 is 0 Å². The second-order valence-electron chi connectivity index (χ2n) is 6.44. The number of aromatic nitrogens is 2. The zero-order chi connectivity index (χ0) is 20.2. The van der Waals surface area contributed by atoms with E-state index in [1.807, 2.05) is 48.5 Å². The van der Waals surface area contributed by atoms with Gasteiger partial charge in [-0.05, 0) is 54.1 Å². The molecule has 4 aromatic rings. The molecule has 1 aromatic heterocycles. The molecule has 7 heteroatoms. The molecule has 1 amide bonds. The summed E-state index contributed by atoms with van der Waals surface area (Å²) in [6, 6.07) is 22.8. The summed E-state index contributed by atoms with van der Waals surface area (Å²) in [7, 11) is 0. The first-order chi connectivity index (χ1) is 14.1. The summed E-state index contributed by atoms with van der Waals surface area (Å²) in [5.74, 6) is 0.162. The molecule has 1 N–H and O–H groups in total. The predicted octanol–water partition coefficient (Wildman–Crippen LogP) is 6.12. The number of carbonyl (C=O) groups excluding carboxylic acids is 1. The number of para-hydroxylation sites is 2. The predicted molar refractivity (Wildman–Crippen MR) is 121 cm³/mol. The fourth-order valence-corrected chi connectivity index (χ4v) is 4.02. The first-order valence-electron chi connectivity index (χ1n) is 8.96. The first kappa shape index (κ1) is 19.8. The lowest BCUT2D eigenvalue weighted by molar-refractivity contribution is -0.113. The van der Waals surface area contributed by atoms with Crippen LogP contribution in [-0.2, 0) is 11.3 Å². The van der Waals surface area contributed by atoms with Crippen LogP contribution in [0.3, 0.4) is 0 Å². The minimum absolute atomic E-state index is 0.0950. The summed E-state index contributed by atoms with van der Waals surface area (Å²) < 4.78 is 2.12. The monoisotopic (exact) mass is 441 g/mol. The Morgan fingerprint density at radius 1 is 0.931 bits per heavy atom. The van der Waals surface area contributed by atoms with E-state index in [4.69, 9.17) is 28.2 Å². The van der Waals surface area contributed by atoms with Gasteiger partial charge in [0.2, 0.25) is 5.91 Å². The third-order valence-electron chi connectivity index (χ3n) is 4.33. The maximum absolute atomic E-state index is 12.4. The average molecular weight is 442 g/mol. The minimum atomic E-state index is -0.0950. The number of fused-ring (bicyclic) bond motifs is 1. The van der Waals surface area contributed by atoms with Crippen LogP contribution >= 0.6 is 35.0 Å². The van der Waals surface area contributed by atoms with Gasteiger partial charge in [0.25, 0.3) is 0 Å². The lowest BCUT2D eigenvalue weighted by Gasteiger charge is -2.10. The molecule has 4 nitrogen and oxygen atoms in total. The van der Waals surface area contributed by atoms with Crippen LogP contribution in [0.25, 0.3) is 11.0 Å². The van der Waals surface area contributed by atoms with Gasteiger partial charge in [0.1, 0.15) is 0 Å². The van der Waals surface area contributed by atoms with Crippen molar-refractivity contribution in [3.8, 4) is 0 Å². The van der Waals surface area contributed by atoms with E-state index in [-0.39, 0.29) is 11.7 Å². The van der Waals surface area contributed by atoms with Gasteiger partial charge >= 0.3 is 0 Å². The Morgan fingerprint density at radius 2 is 1.59 bits per heavy atom. The summed E-state index contributed by atoms with van der Waals surface area (Å²) in [4.78, 5) is 17.1. The topological polar surface area (TPSA) is 46.9 Å². The number of hydrogen-bond acceptors (Lipinski definition) is 3. The number of anilines is 1. The van der Waals surface area contributed by atoms with Gasteiger partial charge in [-0.3, -0.25) is 4.79 Å². The van der Waals surface area contributed by atoms with Gasteiger partial charge in [0, 0.05) is 15.7 Å². The number of carbonyl (C=O) groups is 1. The zero-order valence-electron chi connectivity index (χ0n) is 15.3. The van der Waals surface area contributed by atoms with Crippen LogP contribution in [0.15, 0.2) is 78.0 Å². The largest absolute Gasteiger partial charge is 0.325 e. The molecule has 0 spiro atoms. The van der Waals surface area contributed by atoms with Crippen molar-refractivity contribution < 1.29 is 4.79 Å².